The second kappa shape index (κ2) is 5.32. The molecule has 6 nitrogen and oxygen atoms in total. The van der Waals surface area contributed by atoms with Crippen molar-refractivity contribution in [3.63, 3.8) is 0 Å². The lowest BCUT2D eigenvalue weighted by Gasteiger charge is -2.35. The Bertz CT molecular complexity index is 372. The fourth-order valence-electron chi connectivity index (χ4n) is 2.04. The van der Waals surface area contributed by atoms with Crippen molar-refractivity contribution in [2.24, 2.45) is 0 Å². The zero-order valence-corrected chi connectivity index (χ0v) is 11.3. The average molecular weight is 264 g/mol. The second-order valence-corrected chi connectivity index (χ2v) is 6.41. The maximum absolute atomic E-state index is 11.8. The number of carbonyl (C=O) groups is 1. The first-order valence-electron chi connectivity index (χ1n) is 5.64. The lowest BCUT2D eigenvalue weighted by atomic mass is 9.83. The van der Waals surface area contributed by atoms with E-state index < -0.39 is 21.7 Å². The summed E-state index contributed by atoms with van der Waals surface area (Å²) in [4.78, 5) is 11.8. The normalized spacial score (nSPS) is 20.2. The van der Waals surface area contributed by atoms with Crippen LogP contribution in [0.1, 0.15) is 32.1 Å². The predicted molar refractivity (Wildman–Crippen MR) is 63.6 cm³/mol. The summed E-state index contributed by atoms with van der Waals surface area (Å²) < 4.78 is 31.9. The van der Waals surface area contributed by atoms with Crippen LogP contribution in [0, 0.1) is 0 Å². The molecule has 0 bridgehead atoms. The molecule has 1 aliphatic rings. The quantitative estimate of drug-likeness (QED) is 0.739. The first-order chi connectivity index (χ1) is 7.84. The minimum atomic E-state index is -3.63. The number of rotatable bonds is 4. The molecule has 0 spiro atoms. The molecule has 0 aliphatic heterocycles. The van der Waals surface area contributed by atoms with Crippen molar-refractivity contribution in [1.29, 1.82) is 0 Å². The smallest absolute Gasteiger partial charge is 0.327 e. The molecule has 0 amide bonds. The van der Waals surface area contributed by atoms with E-state index in [4.69, 9.17) is 4.74 Å². The van der Waals surface area contributed by atoms with Crippen molar-refractivity contribution in [3.05, 3.63) is 0 Å². The molecular weight excluding hydrogens is 244 g/mol. The van der Waals surface area contributed by atoms with Gasteiger partial charge < -0.3 is 4.74 Å². The molecule has 17 heavy (non-hydrogen) atoms. The zero-order valence-electron chi connectivity index (χ0n) is 10.5. The molecule has 0 aromatic rings. The Morgan fingerprint density at radius 1 is 1.24 bits per heavy atom. The molecule has 0 atom stereocenters. The van der Waals surface area contributed by atoms with Gasteiger partial charge in [-0.15, -0.1) is 0 Å². The van der Waals surface area contributed by atoms with Crippen LogP contribution in [0.25, 0.3) is 0 Å². The fourth-order valence-corrected chi connectivity index (χ4v) is 3.00. The average Bonchev–Trinajstić information content (AvgIpc) is 2.28. The van der Waals surface area contributed by atoms with Gasteiger partial charge in [0.25, 0.3) is 10.2 Å². The SMILES string of the molecule is COC(=O)C1(NS(=O)(=O)N(C)C)CCCCC1. The maximum Gasteiger partial charge on any atom is 0.327 e. The molecule has 0 saturated heterocycles. The summed E-state index contributed by atoms with van der Waals surface area (Å²) in [5.74, 6) is -0.498. The Kier molecular flexibility index (Phi) is 4.51. The van der Waals surface area contributed by atoms with Gasteiger partial charge in [-0.1, -0.05) is 19.3 Å². The van der Waals surface area contributed by atoms with Crippen LogP contribution >= 0.6 is 0 Å². The third kappa shape index (κ3) is 3.17. The highest BCUT2D eigenvalue weighted by Gasteiger charge is 2.44. The van der Waals surface area contributed by atoms with Gasteiger partial charge in [0.05, 0.1) is 7.11 Å². The number of esters is 1. The molecule has 1 fully saturated rings. The summed E-state index contributed by atoms with van der Waals surface area (Å²) >= 11 is 0. The van der Waals surface area contributed by atoms with Crippen molar-refractivity contribution < 1.29 is 17.9 Å². The second-order valence-electron chi connectivity index (χ2n) is 4.52. The summed E-state index contributed by atoms with van der Waals surface area (Å²) in [7, 11) is 0.505. The van der Waals surface area contributed by atoms with E-state index in [1.165, 1.54) is 21.2 Å². The third-order valence-electron chi connectivity index (χ3n) is 3.09. The van der Waals surface area contributed by atoms with Crippen molar-refractivity contribution in [2.45, 2.75) is 37.6 Å². The number of carbonyl (C=O) groups excluding carboxylic acids is 1. The van der Waals surface area contributed by atoms with Crippen molar-refractivity contribution in [2.75, 3.05) is 21.2 Å². The van der Waals surface area contributed by atoms with Gasteiger partial charge in [0, 0.05) is 14.1 Å². The van der Waals surface area contributed by atoms with Gasteiger partial charge in [-0.3, -0.25) is 4.79 Å². The van der Waals surface area contributed by atoms with Gasteiger partial charge in [-0.25, -0.2) is 0 Å². The molecule has 1 N–H and O–H groups in total. The molecule has 0 radical (unpaired) electrons. The van der Waals surface area contributed by atoms with E-state index >= 15 is 0 Å². The van der Waals surface area contributed by atoms with E-state index in [1.54, 1.807) is 0 Å². The molecule has 1 aliphatic carbocycles. The van der Waals surface area contributed by atoms with E-state index in [2.05, 4.69) is 4.72 Å². The minimum absolute atomic E-state index is 0.493. The van der Waals surface area contributed by atoms with Gasteiger partial charge in [-0.05, 0) is 12.8 Å². The van der Waals surface area contributed by atoms with E-state index in [9.17, 15) is 13.2 Å². The topological polar surface area (TPSA) is 75.7 Å². The maximum atomic E-state index is 11.8. The summed E-state index contributed by atoms with van der Waals surface area (Å²) in [6.07, 6.45) is 3.65. The fraction of sp³-hybridized carbons (Fsp3) is 0.900. The summed E-state index contributed by atoms with van der Waals surface area (Å²) in [5, 5.41) is 0. The third-order valence-corrected chi connectivity index (χ3v) is 4.70. The molecule has 0 aromatic carbocycles. The van der Waals surface area contributed by atoms with Crippen LogP contribution in [-0.4, -0.2) is 45.4 Å². The van der Waals surface area contributed by atoms with E-state index in [-0.39, 0.29) is 0 Å². The van der Waals surface area contributed by atoms with Crippen LogP contribution in [0.3, 0.4) is 0 Å². The van der Waals surface area contributed by atoms with Crippen molar-refractivity contribution in [3.8, 4) is 0 Å². The van der Waals surface area contributed by atoms with Crippen LogP contribution in [0.15, 0.2) is 0 Å². The Labute approximate surface area is 102 Å². The lowest BCUT2D eigenvalue weighted by molar-refractivity contribution is -0.149. The van der Waals surface area contributed by atoms with E-state index in [0.717, 1.165) is 23.6 Å². The van der Waals surface area contributed by atoms with Crippen LogP contribution in [-0.2, 0) is 19.7 Å². The van der Waals surface area contributed by atoms with E-state index in [0.29, 0.717) is 12.8 Å². The molecule has 100 valence electrons. The van der Waals surface area contributed by atoms with Crippen LogP contribution < -0.4 is 4.72 Å². The van der Waals surface area contributed by atoms with Crippen molar-refractivity contribution >= 4 is 16.2 Å². The number of methoxy groups -OCH3 is 1. The highest BCUT2D eigenvalue weighted by molar-refractivity contribution is 7.87. The van der Waals surface area contributed by atoms with Crippen LogP contribution in [0.2, 0.25) is 0 Å². The Morgan fingerprint density at radius 2 is 1.76 bits per heavy atom. The molecule has 0 heterocycles. The van der Waals surface area contributed by atoms with Crippen LogP contribution in [0.5, 0.6) is 0 Å². The lowest BCUT2D eigenvalue weighted by Crippen LogP contribution is -2.58. The number of nitrogens with zero attached hydrogens (tertiary/aromatic N) is 1. The monoisotopic (exact) mass is 264 g/mol. The highest BCUT2D eigenvalue weighted by atomic mass is 32.2. The molecule has 1 saturated carbocycles. The molecule has 0 aromatic heterocycles. The van der Waals surface area contributed by atoms with E-state index in [1.807, 2.05) is 0 Å². The number of hydrogen-bond acceptors (Lipinski definition) is 4. The van der Waals surface area contributed by atoms with Gasteiger partial charge >= 0.3 is 5.97 Å². The molecule has 0 unspecified atom stereocenters. The number of hydrogen-bond donors (Lipinski definition) is 1. The minimum Gasteiger partial charge on any atom is -0.468 e. The Balaban J connectivity index is 2.96. The Morgan fingerprint density at radius 3 is 2.18 bits per heavy atom. The van der Waals surface area contributed by atoms with Gasteiger partial charge in [0.15, 0.2) is 0 Å². The summed E-state index contributed by atoms with van der Waals surface area (Å²) in [6, 6.07) is 0. The zero-order chi connectivity index (χ0) is 13.1. The molecule has 1 rings (SSSR count). The van der Waals surface area contributed by atoms with Crippen molar-refractivity contribution in [1.82, 2.24) is 9.03 Å². The summed E-state index contributed by atoms with van der Waals surface area (Å²) in [6.45, 7) is 0. The molecule has 7 heteroatoms. The highest BCUT2D eigenvalue weighted by Crippen LogP contribution is 2.30. The predicted octanol–water partition coefficient (Wildman–Crippen LogP) is 0.258. The molecular formula is C10H20N2O4S. The largest absolute Gasteiger partial charge is 0.468 e. The first-order valence-corrected chi connectivity index (χ1v) is 7.08. The van der Waals surface area contributed by atoms with Gasteiger partial charge in [0.2, 0.25) is 0 Å². The summed E-state index contributed by atoms with van der Waals surface area (Å²) in [5.41, 5.74) is -1.09. The van der Waals surface area contributed by atoms with Gasteiger partial charge in [0.1, 0.15) is 5.54 Å². The van der Waals surface area contributed by atoms with Crippen LogP contribution in [0.4, 0.5) is 0 Å². The number of nitrogens with one attached hydrogen (secondary N) is 1. The number of ether oxygens (including phenoxy) is 1. The first kappa shape index (κ1) is 14.4. The Hall–Kier alpha value is -0.660. The van der Waals surface area contributed by atoms with Gasteiger partial charge in [-0.2, -0.15) is 17.4 Å². The standard InChI is InChI=1S/C10H20N2O4S/c1-12(2)17(14,15)11-10(9(13)16-3)7-5-4-6-8-10/h11H,4-8H2,1-3H3.